The topological polar surface area (TPSA) is 50.1 Å². The molecule has 0 aromatic heterocycles. The van der Waals surface area contributed by atoms with Gasteiger partial charge >= 0.3 is 5.97 Å². The lowest BCUT2D eigenvalue weighted by Crippen LogP contribution is -2.14. The monoisotopic (exact) mass is 155 g/mol. The van der Waals surface area contributed by atoms with Crippen molar-refractivity contribution in [2.75, 3.05) is 7.11 Å². The molecule has 62 valence electrons. The first-order chi connectivity index (χ1) is 5.11. The average molecular weight is 155 g/mol. The van der Waals surface area contributed by atoms with Crippen LogP contribution in [-0.4, -0.2) is 13.1 Å². The van der Waals surface area contributed by atoms with Crippen molar-refractivity contribution in [1.29, 1.82) is 5.26 Å². The van der Waals surface area contributed by atoms with Crippen molar-refractivity contribution < 1.29 is 9.53 Å². The number of hydrogen-bond donors (Lipinski definition) is 0. The molecule has 2 atom stereocenters. The molecule has 3 heteroatoms. The van der Waals surface area contributed by atoms with E-state index in [0.717, 1.165) is 0 Å². The van der Waals surface area contributed by atoms with Crippen molar-refractivity contribution in [3.63, 3.8) is 0 Å². The Bertz CT molecular complexity index is 171. The van der Waals surface area contributed by atoms with Gasteiger partial charge in [0.25, 0.3) is 0 Å². The van der Waals surface area contributed by atoms with Crippen LogP contribution in [-0.2, 0) is 9.53 Å². The summed E-state index contributed by atoms with van der Waals surface area (Å²) in [5.74, 6) is -0.495. The van der Waals surface area contributed by atoms with Crippen molar-refractivity contribution in [3.8, 4) is 6.07 Å². The van der Waals surface area contributed by atoms with Crippen LogP contribution in [0.1, 0.15) is 20.3 Å². The maximum Gasteiger partial charge on any atom is 0.308 e. The molecule has 11 heavy (non-hydrogen) atoms. The third-order valence-corrected chi connectivity index (χ3v) is 1.53. The van der Waals surface area contributed by atoms with Gasteiger partial charge in [0.1, 0.15) is 0 Å². The summed E-state index contributed by atoms with van der Waals surface area (Å²) in [6.45, 7) is 3.55. The fourth-order valence-corrected chi connectivity index (χ4v) is 0.880. The predicted octanol–water partition coefficient (Wildman–Crippen LogP) is 1.35. The Morgan fingerprint density at radius 3 is 2.55 bits per heavy atom. The van der Waals surface area contributed by atoms with Crippen LogP contribution in [0.5, 0.6) is 0 Å². The first-order valence-corrected chi connectivity index (χ1v) is 3.59. The van der Waals surface area contributed by atoms with E-state index in [2.05, 4.69) is 10.8 Å². The molecule has 0 saturated heterocycles. The fourth-order valence-electron chi connectivity index (χ4n) is 0.880. The normalized spacial score (nSPS) is 14.7. The number of ether oxygens (including phenoxy) is 1. The molecule has 0 amide bonds. The number of hydrogen-bond acceptors (Lipinski definition) is 3. The number of carbonyl (C=O) groups excluding carboxylic acids is 1. The summed E-state index contributed by atoms with van der Waals surface area (Å²) in [5, 5.41) is 8.44. The molecular weight excluding hydrogens is 142 g/mol. The molecule has 0 aromatic carbocycles. The van der Waals surface area contributed by atoms with Crippen molar-refractivity contribution in [3.05, 3.63) is 0 Å². The number of esters is 1. The SMILES string of the molecule is COC(=O)C(C)CC(C)C#N. The highest BCUT2D eigenvalue weighted by atomic mass is 16.5. The third-order valence-electron chi connectivity index (χ3n) is 1.53. The predicted molar refractivity (Wildman–Crippen MR) is 40.6 cm³/mol. The zero-order chi connectivity index (χ0) is 8.85. The lowest BCUT2D eigenvalue weighted by atomic mass is 9.99. The lowest BCUT2D eigenvalue weighted by Gasteiger charge is -2.08. The maximum atomic E-state index is 10.8. The van der Waals surface area contributed by atoms with Crippen molar-refractivity contribution >= 4 is 5.97 Å². The first kappa shape index (κ1) is 9.96. The van der Waals surface area contributed by atoms with E-state index < -0.39 is 0 Å². The van der Waals surface area contributed by atoms with Crippen molar-refractivity contribution in [2.45, 2.75) is 20.3 Å². The minimum atomic E-state index is -0.243. The van der Waals surface area contributed by atoms with E-state index in [4.69, 9.17) is 5.26 Å². The summed E-state index contributed by atoms with van der Waals surface area (Å²) in [5.41, 5.74) is 0. The Balaban J connectivity index is 3.79. The van der Waals surface area contributed by atoms with E-state index in [9.17, 15) is 4.79 Å². The molecule has 0 aliphatic heterocycles. The second kappa shape index (κ2) is 4.73. The maximum absolute atomic E-state index is 10.8. The molecule has 0 N–H and O–H groups in total. The molecule has 0 rings (SSSR count). The van der Waals surface area contributed by atoms with Crippen LogP contribution in [0.2, 0.25) is 0 Å². The molecule has 0 fully saturated rings. The Labute approximate surface area is 67.0 Å². The molecule has 0 heterocycles. The Morgan fingerprint density at radius 2 is 2.18 bits per heavy atom. The molecule has 0 saturated carbocycles. The van der Waals surface area contributed by atoms with Gasteiger partial charge in [-0.3, -0.25) is 4.79 Å². The zero-order valence-electron chi connectivity index (χ0n) is 7.13. The van der Waals surface area contributed by atoms with Gasteiger partial charge in [-0.15, -0.1) is 0 Å². The van der Waals surface area contributed by atoms with Gasteiger partial charge in [-0.25, -0.2) is 0 Å². The van der Waals surface area contributed by atoms with Crippen LogP contribution in [0.15, 0.2) is 0 Å². The summed E-state index contributed by atoms with van der Waals surface area (Å²) in [7, 11) is 1.36. The van der Waals surface area contributed by atoms with E-state index in [1.807, 2.05) is 0 Å². The van der Waals surface area contributed by atoms with Crippen LogP contribution in [0, 0.1) is 23.2 Å². The standard InChI is InChI=1S/C8H13NO2/c1-6(5-9)4-7(2)8(10)11-3/h6-7H,4H2,1-3H3. The average Bonchev–Trinajstić information content (AvgIpc) is 2.02. The number of nitriles is 1. The Hall–Kier alpha value is -1.04. The van der Waals surface area contributed by atoms with Gasteiger partial charge < -0.3 is 4.74 Å². The van der Waals surface area contributed by atoms with Crippen molar-refractivity contribution in [1.82, 2.24) is 0 Å². The minimum Gasteiger partial charge on any atom is -0.469 e. The van der Waals surface area contributed by atoms with E-state index in [1.165, 1.54) is 7.11 Å². The second-order valence-corrected chi connectivity index (χ2v) is 2.69. The molecule has 0 spiro atoms. The summed E-state index contributed by atoms with van der Waals surface area (Å²) in [6, 6.07) is 2.07. The van der Waals surface area contributed by atoms with E-state index in [-0.39, 0.29) is 17.8 Å². The molecular formula is C8H13NO2. The van der Waals surface area contributed by atoms with Crippen LogP contribution in [0.4, 0.5) is 0 Å². The number of carbonyl (C=O) groups is 1. The summed E-state index contributed by atoms with van der Waals surface area (Å²) in [4.78, 5) is 10.8. The minimum absolute atomic E-state index is 0.0795. The molecule has 2 unspecified atom stereocenters. The zero-order valence-corrected chi connectivity index (χ0v) is 7.13. The van der Waals surface area contributed by atoms with Gasteiger partial charge in [-0.05, 0) is 13.3 Å². The molecule has 0 aliphatic carbocycles. The highest BCUT2D eigenvalue weighted by Gasteiger charge is 2.15. The highest BCUT2D eigenvalue weighted by Crippen LogP contribution is 2.11. The van der Waals surface area contributed by atoms with Gasteiger partial charge in [0.15, 0.2) is 0 Å². The number of nitrogens with zero attached hydrogens (tertiary/aromatic N) is 1. The van der Waals surface area contributed by atoms with Crippen LogP contribution < -0.4 is 0 Å². The highest BCUT2D eigenvalue weighted by molar-refractivity contribution is 5.71. The van der Waals surface area contributed by atoms with E-state index in [0.29, 0.717) is 6.42 Å². The molecule has 0 radical (unpaired) electrons. The largest absolute Gasteiger partial charge is 0.469 e. The smallest absolute Gasteiger partial charge is 0.308 e. The Morgan fingerprint density at radius 1 is 1.64 bits per heavy atom. The molecule has 0 aromatic rings. The third kappa shape index (κ3) is 3.61. The van der Waals surface area contributed by atoms with Gasteiger partial charge in [0.2, 0.25) is 0 Å². The second-order valence-electron chi connectivity index (χ2n) is 2.69. The van der Waals surface area contributed by atoms with E-state index in [1.54, 1.807) is 13.8 Å². The van der Waals surface area contributed by atoms with E-state index >= 15 is 0 Å². The van der Waals surface area contributed by atoms with Crippen LogP contribution in [0.3, 0.4) is 0 Å². The van der Waals surface area contributed by atoms with Crippen LogP contribution in [0.25, 0.3) is 0 Å². The molecule has 0 aliphatic rings. The summed E-state index contributed by atoms with van der Waals surface area (Å²) < 4.78 is 4.51. The van der Waals surface area contributed by atoms with Crippen molar-refractivity contribution in [2.24, 2.45) is 11.8 Å². The van der Waals surface area contributed by atoms with Gasteiger partial charge in [0, 0.05) is 5.92 Å². The fraction of sp³-hybridized carbons (Fsp3) is 0.750. The number of rotatable bonds is 3. The summed E-state index contributed by atoms with van der Waals surface area (Å²) in [6.07, 6.45) is 0.573. The lowest BCUT2D eigenvalue weighted by molar-refractivity contribution is -0.145. The van der Waals surface area contributed by atoms with Crippen LogP contribution >= 0.6 is 0 Å². The number of methoxy groups -OCH3 is 1. The Kier molecular flexibility index (Phi) is 4.28. The van der Waals surface area contributed by atoms with Gasteiger partial charge in [0.05, 0.1) is 19.1 Å². The van der Waals surface area contributed by atoms with Gasteiger partial charge in [-0.1, -0.05) is 6.92 Å². The first-order valence-electron chi connectivity index (χ1n) is 3.59. The quantitative estimate of drug-likeness (QED) is 0.578. The molecule has 3 nitrogen and oxygen atoms in total. The molecule has 0 bridgehead atoms. The van der Waals surface area contributed by atoms with Gasteiger partial charge in [-0.2, -0.15) is 5.26 Å². The summed E-state index contributed by atoms with van der Waals surface area (Å²) >= 11 is 0.